The standard InChI is InChI=1S/C12H20N2O5/c1-12(2,3)19-11(18)13-8-5-4-6-14(10(8)17)7-9(15)16/h8H,4-7H2,1-3H3,(H,13,18)(H,15,16)/t8-/m0/s1. The van der Waals surface area contributed by atoms with Crippen molar-refractivity contribution in [3.8, 4) is 0 Å². The quantitative estimate of drug-likeness (QED) is 0.783. The number of nitrogens with zero attached hydrogens (tertiary/aromatic N) is 1. The molecule has 0 unspecified atom stereocenters. The van der Waals surface area contributed by atoms with E-state index < -0.39 is 23.7 Å². The van der Waals surface area contributed by atoms with Gasteiger partial charge in [0.1, 0.15) is 18.2 Å². The Labute approximate surface area is 111 Å². The summed E-state index contributed by atoms with van der Waals surface area (Å²) in [6.07, 6.45) is 0.483. The van der Waals surface area contributed by atoms with Crippen molar-refractivity contribution in [1.82, 2.24) is 10.2 Å². The van der Waals surface area contributed by atoms with E-state index >= 15 is 0 Å². The first-order valence-corrected chi connectivity index (χ1v) is 6.19. The molecule has 108 valence electrons. The van der Waals surface area contributed by atoms with Crippen LogP contribution in [-0.2, 0) is 14.3 Å². The van der Waals surface area contributed by atoms with Gasteiger partial charge in [0, 0.05) is 6.54 Å². The van der Waals surface area contributed by atoms with Crippen molar-refractivity contribution >= 4 is 18.0 Å². The van der Waals surface area contributed by atoms with Gasteiger partial charge in [-0.05, 0) is 33.6 Å². The number of rotatable bonds is 3. The molecule has 1 atom stereocenters. The third-order valence-electron chi connectivity index (χ3n) is 2.55. The maximum absolute atomic E-state index is 12.0. The maximum Gasteiger partial charge on any atom is 0.408 e. The third kappa shape index (κ3) is 5.15. The van der Waals surface area contributed by atoms with Crippen LogP contribution in [-0.4, -0.2) is 52.7 Å². The summed E-state index contributed by atoms with van der Waals surface area (Å²) in [4.78, 5) is 35.4. The molecule has 1 fully saturated rings. The number of hydrogen-bond donors (Lipinski definition) is 2. The number of aliphatic carboxylic acids is 1. The molecule has 7 heteroatoms. The number of piperidine rings is 1. The maximum atomic E-state index is 12.0. The van der Waals surface area contributed by atoms with Crippen LogP contribution in [0.3, 0.4) is 0 Å². The molecule has 1 heterocycles. The molecule has 0 aliphatic carbocycles. The fourth-order valence-electron chi connectivity index (χ4n) is 1.84. The van der Waals surface area contributed by atoms with Crippen LogP contribution in [0.25, 0.3) is 0 Å². The summed E-state index contributed by atoms with van der Waals surface area (Å²) in [5, 5.41) is 11.2. The van der Waals surface area contributed by atoms with E-state index in [-0.39, 0.29) is 12.5 Å². The number of alkyl carbamates (subject to hydrolysis) is 1. The second-order valence-electron chi connectivity index (χ2n) is 5.49. The van der Waals surface area contributed by atoms with Crippen LogP contribution in [0.4, 0.5) is 4.79 Å². The lowest BCUT2D eigenvalue weighted by Crippen LogP contribution is -2.54. The predicted molar refractivity (Wildman–Crippen MR) is 66.6 cm³/mol. The van der Waals surface area contributed by atoms with Gasteiger partial charge < -0.3 is 20.1 Å². The van der Waals surface area contributed by atoms with Crippen LogP contribution >= 0.6 is 0 Å². The summed E-state index contributed by atoms with van der Waals surface area (Å²) < 4.78 is 5.07. The lowest BCUT2D eigenvalue weighted by molar-refractivity contribution is -0.146. The normalized spacial score (nSPS) is 20.1. The minimum Gasteiger partial charge on any atom is -0.480 e. The van der Waals surface area contributed by atoms with Gasteiger partial charge in [0.05, 0.1) is 0 Å². The Balaban J connectivity index is 2.56. The topological polar surface area (TPSA) is 95.9 Å². The fourth-order valence-corrected chi connectivity index (χ4v) is 1.84. The van der Waals surface area contributed by atoms with Gasteiger partial charge in [0.25, 0.3) is 0 Å². The fraction of sp³-hybridized carbons (Fsp3) is 0.750. The van der Waals surface area contributed by atoms with Crippen LogP contribution in [0, 0.1) is 0 Å². The van der Waals surface area contributed by atoms with Gasteiger partial charge in [0.15, 0.2) is 0 Å². The highest BCUT2D eigenvalue weighted by atomic mass is 16.6. The first kappa shape index (κ1) is 15.3. The molecule has 0 spiro atoms. The van der Waals surface area contributed by atoms with E-state index in [9.17, 15) is 14.4 Å². The summed E-state index contributed by atoms with van der Waals surface area (Å²) in [5.74, 6) is -1.44. The van der Waals surface area contributed by atoms with Gasteiger partial charge in [-0.3, -0.25) is 9.59 Å². The molecule has 1 aliphatic heterocycles. The largest absolute Gasteiger partial charge is 0.480 e. The summed E-state index contributed by atoms with van der Waals surface area (Å²) in [7, 11) is 0. The average molecular weight is 272 g/mol. The average Bonchev–Trinajstić information content (AvgIpc) is 2.20. The first-order valence-electron chi connectivity index (χ1n) is 6.19. The Morgan fingerprint density at radius 3 is 2.63 bits per heavy atom. The number of carbonyl (C=O) groups is 3. The predicted octanol–water partition coefficient (Wildman–Crippen LogP) is 0.587. The Bertz CT molecular complexity index is 375. The number of likely N-dealkylation sites (tertiary alicyclic amines) is 1. The second kappa shape index (κ2) is 5.90. The van der Waals surface area contributed by atoms with Crippen LogP contribution in [0.2, 0.25) is 0 Å². The molecule has 0 aromatic heterocycles. The summed E-state index contributed by atoms with van der Waals surface area (Å²) in [6.45, 7) is 5.24. The molecule has 1 saturated heterocycles. The van der Waals surface area contributed by atoms with Crippen molar-refractivity contribution in [1.29, 1.82) is 0 Å². The molecule has 19 heavy (non-hydrogen) atoms. The summed E-state index contributed by atoms with van der Waals surface area (Å²) in [5.41, 5.74) is -0.636. The zero-order chi connectivity index (χ0) is 14.6. The zero-order valence-electron chi connectivity index (χ0n) is 11.4. The molecule has 0 radical (unpaired) electrons. The summed E-state index contributed by atoms with van der Waals surface area (Å²) >= 11 is 0. The number of nitrogens with one attached hydrogen (secondary N) is 1. The Hall–Kier alpha value is -1.79. The number of hydrogen-bond acceptors (Lipinski definition) is 4. The van der Waals surface area contributed by atoms with Crippen molar-refractivity contribution in [2.75, 3.05) is 13.1 Å². The Morgan fingerprint density at radius 2 is 2.11 bits per heavy atom. The number of ether oxygens (including phenoxy) is 1. The van der Waals surface area contributed by atoms with Crippen LogP contribution < -0.4 is 5.32 Å². The van der Waals surface area contributed by atoms with Crippen molar-refractivity contribution < 1.29 is 24.2 Å². The van der Waals surface area contributed by atoms with Crippen molar-refractivity contribution in [3.05, 3.63) is 0 Å². The van der Waals surface area contributed by atoms with Crippen molar-refractivity contribution in [2.24, 2.45) is 0 Å². The smallest absolute Gasteiger partial charge is 0.408 e. The lowest BCUT2D eigenvalue weighted by atomic mass is 10.1. The molecular formula is C12H20N2O5. The lowest BCUT2D eigenvalue weighted by Gasteiger charge is -2.32. The molecule has 1 aliphatic rings. The van der Waals surface area contributed by atoms with E-state index in [0.29, 0.717) is 19.4 Å². The van der Waals surface area contributed by atoms with Gasteiger partial charge in [0.2, 0.25) is 5.91 Å². The van der Waals surface area contributed by atoms with Crippen LogP contribution in [0.15, 0.2) is 0 Å². The van der Waals surface area contributed by atoms with Gasteiger partial charge >= 0.3 is 12.1 Å². The van der Waals surface area contributed by atoms with E-state index in [4.69, 9.17) is 9.84 Å². The number of carboxylic acids is 1. The van der Waals surface area contributed by atoms with E-state index in [1.165, 1.54) is 4.90 Å². The summed E-state index contributed by atoms with van der Waals surface area (Å²) in [6, 6.07) is -0.706. The van der Waals surface area contributed by atoms with E-state index in [1.54, 1.807) is 20.8 Å². The minimum atomic E-state index is -1.06. The van der Waals surface area contributed by atoms with Crippen molar-refractivity contribution in [2.45, 2.75) is 45.3 Å². The first-order chi connectivity index (χ1) is 8.69. The van der Waals surface area contributed by atoms with Crippen LogP contribution in [0.5, 0.6) is 0 Å². The molecule has 2 amide bonds. The molecule has 7 nitrogen and oxygen atoms in total. The van der Waals surface area contributed by atoms with Gasteiger partial charge in [-0.15, -0.1) is 0 Å². The van der Waals surface area contributed by atoms with Gasteiger partial charge in [-0.1, -0.05) is 0 Å². The van der Waals surface area contributed by atoms with E-state index in [1.807, 2.05) is 0 Å². The molecular weight excluding hydrogens is 252 g/mol. The SMILES string of the molecule is CC(C)(C)OC(=O)N[C@H]1CCCN(CC(=O)O)C1=O. The highest BCUT2D eigenvalue weighted by molar-refractivity contribution is 5.88. The molecule has 0 aromatic carbocycles. The molecule has 1 rings (SSSR count). The molecule has 2 N–H and O–H groups in total. The molecule has 0 aromatic rings. The highest BCUT2D eigenvalue weighted by Crippen LogP contribution is 2.13. The Kier molecular flexibility index (Phi) is 4.74. The monoisotopic (exact) mass is 272 g/mol. The number of amides is 2. The Morgan fingerprint density at radius 1 is 1.47 bits per heavy atom. The van der Waals surface area contributed by atoms with Gasteiger partial charge in [-0.2, -0.15) is 0 Å². The molecule has 0 saturated carbocycles. The van der Waals surface area contributed by atoms with E-state index in [2.05, 4.69) is 5.32 Å². The number of carboxylic acid groups (broad SMARTS) is 1. The van der Waals surface area contributed by atoms with Gasteiger partial charge in [-0.25, -0.2) is 4.79 Å². The van der Waals surface area contributed by atoms with Crippen molar-refractivity contribution in [3.63, 3.8) is 0 Å². The van der Waals surface area contributed by atoms with Crippen LogP contribution in [0.1, 0.15) is 33.6 Å². The highest BCUT2D eigenvalue weighted by Gasteiger charge is 2.32. The molecule has 0 bridgehead atoms. The third-order valence-corrected chi connectivity index (χ3v) is 2.55. The number of carbonyl (C=O) groups excluding carboxylic acids is 2. The van der Waals surface area contributed by atoms with E-state index in [0.717, 1.165) is 0 Å². The zero-order valence-corrected chi connectivity index (χ0v) is 11.4. The minimum absolute atomic E-state index is 0.342. The second-order valence-corrected chi connectivity index (χ2v) is 5.49.